The van der Waals surface area contributed by atoms with E-state index in [0.29, 0.717) is 30.0 Å². The van der Waals surface area contributed by atoms with Crippen LogP contribution in [0.5, 0.6) is 0 Å². The molecule has 2 atom stereocenters. The highest BCUT2D eigenvalue weighted by Crippen LogP contribution is 2.56. The van der Waals surface area contributed by atoms with E-state index in [9.17, 15) is 15.0 Å². The molecule has 6 rings (SSSR count). The molecule has 1 aliphatic heterocycles. The fraction of sp³-hybridized carbons (Fsp3) is 0.355. The van der Waals surface area contributed by atoms with E-state index >= 15 is 0 Å². The van der Waals surface area contributed by atoms with Gasteiger partial charge in [-0.3, -0.25) is 9.69 Å². The second-order valence-electron chi connectivity index (χ2n) is 11.0. The van der Waals surface area contributed by atoms with Gasteiger partial charge in [0.05, 0.1) is 0 Å². The molecule has 9 nitrogen and oxygen atoms in total. The van der Waals surface area contributed by atoms with E-state index in [1.807, 2.05) is 53.5 Å². The Hall–Kier alpha value is -4.08. The standard InChI is InChI=1S/C31H32N4O5/c1-30(2)22(21-9-4-3-5-10-21)11-8-15-31(30,29-34-33-26(19-36)40-29)28-32-23-17-20(13-14-25(23)39-28)18-35-16-7-6-12-24(35)27(37)38/h3-5,8-11,13-15,17,24,36H,6-7,12,16,18-19H2,1-2H3,(H,37,38)/t24-,31?/m0/s1. The number of carboxylic acid groups (broad SMARTS) is 1. The predicted molar refractivity (Wildman–Crippen MR) is 148 cm³/mol. The van der Waals surface area contributed by atoms with Crippen molar-refractivity contribution >= 4 is 22.6 Å². The van der Waals surface area contributed by atoms with E-state index in [0.717, 1.165) is 36.1 Å². The van der Waals surface area contributed by atoms with Gasteiger partial charge in [-0.05, 0) is 48.2 Å². The molecular weight excluding hydrogens is 508 g/mol. The maximum absolute atomic E-state index is 11.8. The van der Waals surface area contributed by atoms with E-state index in [2.05, 4.69) is 42.3 Å². The zero-order valence-corrected chi connectivity index (χ0v) is 22.6. The number of hydrogen-bond donors (Lipinski definition) is 2. The summed E-state index contributed by atoms with van der Waals surface area (Å²) in [6, 6.07) is 15.4. The van der Waals surface area contributed by atoms with Gasteiger partial charge in [0.1, 0.15) is 18.2 Å². The van der Waals surface area contributed by atoms with Crippen molar-refractivity contribution in [1.29, 1.82) is 0 Å². The normalized spacial score (nSPS) is 22.9. The van der Waals surface area contributed by atoms with Crippen LogP contribution in [0.2, 0.25) is 0 Å². The summed E-state index contributed by atoms with van der Waals surface area (Å²) in [5.74, 6) is 0.0184. The molecule has 1 aliphatic carbocycles. The van der Waals surface area contributed by atoms with Crippen molar-refractivity contribution in [3.05, 3.63) is 95.6 Å². The zero-order valence-electron chi connectivity index (χ0n) is 22.6. The summed E-state index contributed by atoms with van der Waals surface area (Å²) in [6.07, 6.45) is 8.59. The van der Waals surface area contributed by atoms with Crippen LogP contribution in [0.1, 0.15) is 61.9 Å². The first-order chi connectivity index (χ1) is 19.3. The number of benzene rings is 2. The van der Waals surface area contributed by atoms with Gasteiger partial charge in [-0.1, -0.05) is 74.9 Å². The number of aliphatic hydroxyl groups excluding tert-OH is 1. The number of aliphatic hydroxyl groups is 1. The average molecular weight is 541 g/mol. The minimum atomic E-state index is -1.06. The molecule has 1 saturated heterocycles. The Kier molecular flexibility index (Phi) is 6.64. The van der Waals surface area contributed by atoms with Crippen LogP contribution in [0.15, 0.2) is 75.6 Å². The number of carbonyl (C=O) groups is 1. The third-order valence-electron chi connectivity index (χ3n) is 8.37. The first-order valence-electron chi connectivity index (χ1n) is 13.6. The van der Waals surface area contributed by atoms with Gasteiger partial charge in [-0.2, -0.15) is 0 Å². The molecule has 2 N–H and O–H groups in total. The number of aromatic nitrogens is 3. The van der Waals surface area contributed by atoms with Gasteiger partial charge >= 0.3 is 5.97 Å². The van der Waals surface area contributed by atoms with Crippen LogP contribution < -0.4 is 0 Å². The Balaban J connectivity index is 1.44. The Labute approximate surface area is 231 Å². The molecule has 2 aliphatic rings. The number of piperidine rings is 1. The molecule has 206 valence electrons. The predicted octanol–water partition coefficient (Wildman–Crippen LogP) is 5.11. The second-order valence-corrected chi connectivity index (χ2v) is 11.0. The Morgan fingerprint density at radius 1 is 1.07 bits per heavy atom. The Bertz CT molecular complexity index is 1600. The lowest BCUT2D eigenvalue weighted by atomic mass is 9.58. The number of likely N-dealkylation sites (tertiary alicyclic amines) is 1. The number of fused-ring (bicyclic) bond motifs is 1. The summed E-state index contributed by atoms with van der Waals surface area (Å²) in [5.41, 5.74) is 2.63. The van der Waals surface area contributed by atoms with Crippen molar-refractivity contribution < 1.29 is 23.8 Å². The highest BCUT2D eigenvalue weighted by Gasteiger charge is 2.56. The van der Waals surface area contributed by atoms with Crippen LogP contribution in [0.3, 0.4) is 0 Å². The van der Waals surface area contributed by atoms with Gasteiger partial charge < -0.3 is 19.0 Å². The molecule has 4 aromatic rings. The lowest BCUT2D eigenvalue weighted by Gasteiger charge is -2.43. The Morgan fingerprint density at radius 2 is 1.90 bits per heavy atom. The van der Waals surface area contributed by atoms with Crippen molar-refractivity contribution in [2.24, 2.45) is 5.41 Å². The van der Waals surface area contributed by atoms with Crippen molar-refractivity contribution in [2.45, 2.75) is 57.7 Å². The molecule has 2 aromatic heterocycles. The van der Waals surface area contributed by atoms with Crippen LogP contribution in [-0.4, -0.2) is 48.9 Å². The third kappa shape index (κ3) is 4.26. The maximum Gasteiger partial charge on any atom is 0.320 e. The van der Waals surface area contributed by atoms with Crippen LogP contribution in [-0.2, 0) is 23.4 Å². The second kappa shape index (κ2) is 10.1. The number of aliphatic carboxylic acids is 1. The summed E-state index contributed by atoms with van der Waals surface area (Å²) < 4.78 is 12.4. The van der Waals surface area contributed by atoms with Gasteiger partial charge in [0.2, 0.25) is 17.7 Å². The fourth-order valence-corrected chi connectivity index (χ4v) is 6.17. The summed E-state index contributed by atoms with van der Waals surface area (Å²) in [4.78, 5) is 18.8. The average Bonchev–Trinajstić information content (AvgIpc) is 3.61. The topological polar surface area (TPSA) is 126 Å². The van der Waals surface area contributed by atoms with Crippen molar-refractivity contribution in [3.63, 3.8) is 0 Å². The SMILES string of the molecule is CC1(C)C(c2ccccc2)=CC=CC1(c1nnc(CO)o1)c1nc2cc(CN3CCCC[C@H]3C(=O)O)ccc2o1. The third-order valence-corrected chi connectivity index (χ3v) is 8.37. The highest BCUT2D eigenvalue weighted by atomic mass is 16.4. The number of nitrogens with zero attached hydrogens (tertiary/aromatic N) is 4. The van der Waals surface area contributed by atoms with E-state index in [1.54, 1.807) is 0 Å². The van der Waals surface area contributed by atoms with Gasteiger partial charge in [0, 0.05) is 12.0 Å². The van der Waals surface area contributed by atoms with Gasteiger partial charge in [-0.25, -0.2) is 4.98 Å². The van der Waals surface area contributed by atoms with Crippen molar-refractivity contribution in [2.75, 3.05) is 6.54 Å². The van der Waals surface area contributed by atoms with E-state index in [4.69, 9.17) is 13.8 Å². The van der Waals surface area contributed by atoms with Crippen LogP contribution in [0.25, 0.3) is 16.7 Å². The minimum Gasteiger partial charge on any atom is -0.480 e. The van der Waals surface area contributed by atoms with Gasteiger partial charge in [0.15, 0.2) is 11.0 Å². The highest BCUT2D eigenvalue weighted by molar-refractivity contribution is 5.78. The number of allylic oxidation sites excluding steroid dienone is 4. The van der Waals surface area contributed by atoms with Crippen LogP contribution >= 0.6 is 0 Å². The summed E-state index contributed by atoms with van der Waals surface area (Å²) in [6.45, 7) is 5.09. The summed E-state index contributed by atoms with van der Waals surface area (Å²) >= 11 is 0. The molecule has 9 heteroatoms. The number of oxazole rings is 1. The van der Waals surface area contributed by atoms with Crippen LogP contribution in [0, 0.1) is 5.41 Å². The number of rotatable bonds is 7. The first kappa shape index (κ1) is 26.2. The van der Waals surface area contributed by atoms with Crippen molar-refractivity contribution in [1.82, 2.24) is 20.1 Å². The Morgan fingerprint density at radius 3 is 2.65 bits per heavy atom. The molecule has 2 aromatic carbocycles. The molecule has 3 heterocycles. The fourth-order valence-electron chi connectivity index (χ4n) is 6.17. The monoisotopic (exact) mass is 540 g/mol. The zero-order chi connectivity index (χ0) is 27.9. The number of hydrogen-bond acceptors (Lipinski definition) is 8. The molecule has 0 spiro atoms. The molecule has 40 heavy (non-hydrogen) atoms. The summed E-state index contributed by atoms with van der Waals surface area (Å²) in [5, 5.41) is 27.8. The molecule has 0 amide bonds. The quantitative estimate of drug-likeness (QED) is 0.329. The molecule has 1 fully saturated rings. The largest absolute Gasteiger partial charge is 0.480 e. The van der Waals surface area contributed by atoms with Crippen molar-refractivity contribution in [3.8, 4) is 0 Å². The lowest BCUT2D eigenvalue weighted by molar-refractivity contribution is -0.144. The first-order valence-corrected chi connectivity index (χ1v) is 13.6. The van der Waals surface area contributed by atoms with Gasteiger partial charge in [0.25, 0.3) is 0 Å². The smallest absolute Gasteiger partial charge is 0.320 e. The molecule has 0 bridgehead atoms. The van der Waals surface area contributed by atoms with E-state index < -0.39 is 22.8 Å². The molecule has 1 unspecified atom stereocenters. The molecule has 0 saturated carbocycles. The number of carboxylic acids is 1. The maximum atomic E-state index is 11.8. The van der Waals surface area contributed by atoms with Gasteiger partial charge in [-0.15, -0.1) is 10.2 Å². The molecular formula is C31H32N4O5. The molecule has 0 radical (unpaired) electrons. The van der Waals surface area contributed by atoms with E-state index in [1.165, 1.54) is 0 Å². The summed E-state index contributed by atoms with van der Waals surface area (Å²) in [7, 11) is 0. The minimum absolute atomic E-state index is 0.113. The van der Waals surface area contributed by atoms with Crippen LogP contribution in [0.4, 0.5) is 0 Å². The van der Waals surface area contributed by atoms with E-state index in [-0.39, 0.29) is 18.4 Å². The lowest BCUT2D eigenvalue weighted by Crippen LogP contribution is -2.44.